The number of carboxylic acid groups (broad SMARTS) is 1. The molecule has 1 saturated heterocycles. The number of benzene rings is 1. The van der Waals surface area contributed by atoms with E-state index in [-0.39, 0.29) is 30.8 Å². The number of methoxy groups -OCH3 is 1. The molecule has 0 bridgehead atoms. The van der Waals surface area contributed by atoms with Gasteiger partial charge in [-0.15, -0.1) is 0 Å². The molecule has 11 heteroatoms. The van der Waals surface area contributed by atoms with Gasteiger partial charge in [-0.25, -0.2) is 9.78 Å². The molecule has 10 nitrogen and oxygen atoms in total. The minimum Gasteiger partial charge on any atom is -0.497 e. The number of rotatable bonds is 14. The van der Waals surface area contributed by atoms with Gasteiger partial charge >= 0.3 is 5.97 Å². The maximum absolute atomic E-state index is 13.0. The van der Waals surface area contributed by atoms with Crippen LogP contribution in [-0.4, -0.2) is 93.5 Å². The van der Waals surface area contributed by atoms with Crippen LogP contribution < -0.4 is 10.1 Å². The van der Waals surface area contributed by atoms with Crippen LogP contribution in [0.5, 0.6) is 5.75 Å². The fourth-order valence-electron chi connectivity index (χ4n) is 4.41. The average Bonchev–Trinajstić information content (AvgIpc) is 3.54. The molecule has 1 aromatic carbocycles. The number of carbonyl (C=O) groups is 3. The zero-order chi connectivity index (χ0) is 25.9. The normalized spacial score (nSPS) is 16.2. The van der Waals surface area contributed by atoms with E-state index in [9.17, 15) is 19.5 Å². The molecule has 1 aromatic heterocycles. The van der Waals surface area contributed by atoms with Crippen LogP contribution in [-0.2, 0) is 27.3 Å². The molecule has 196 valence electrons. The van der Waals surface area contributed by atoms with Crippen molar-refractivity contribution in [2.24, 2.45) is 0 Å². The van der Waals surface area contributed by atoms with Crippen LogP contribution in [0.4, 0.5) is 0 Å². The molecule has 0 aliphatic carbocycles. The quantitative estimate of drug-likeness (QED) is 0.346. The highest BCUT2D eigenvalue weighted by atomic mass is 32.2. The molecular weight excluding hydrogens is 482 g/mol. The van der Waals surface area contributed by atoms with E-state index in [1.807, 2.05) is 40.3 Å². The summed E-state index contributed by atoms with van der Waals surface area (Å²) in [6, 6.07) is 6.66. The van der Waals surface area contributed by atoms with E-state index in [4.69, 9.17) is 4.74 Å². The molecule has 2 atom stereocenters. The van der Waals surface area contributed by atoms with Crippen molar-refractivity contribution in [1.82, 2.24) is 25.1 Å². The molecule has 1 aliphatic heterocycles. The first-order valence-electron chi connectivity index (χ1n) is 12.0. The van der Waals surface area contributed by atoms with E-state index in [2.05, 4.69) is 15.3 Å². The number of thioether (sulfide) groups is 1. The van der Waals surface area contributed by atoms with Crippen molar-refractivity contribution in [2.45, 2.75) is 44.3 Å². The Balaban J connectivity index is 1.69. The SMILES string of the molecule is COc1ccc(CN(CC(=O)N[C@@H](CCSC)C(=O)O)C[C@@H]2CCCN2C(=O)Cc2c[nH]cn2)cc1. The van der Waals surface area contributed by atoms with Gasteiger partial charge in [-0.2, -0.15) is 11.8 Å². The van der Waals surface area contributed by atoms with Gasteiger partial charge in [0.05, 0.1) is 32.1 Å². The summed E-state index contributed by atoms with van der Waals surface area (Å²) < 4.78 is 5.24. The number of likely N-dealkylation sites (tertiary alicyclic amines) is 1. The molecule has 0 radical (unpaired) electrons. The van der Waals surface area contributed by atoms with Gasteiger partial charge in [-0.05, 0) is 49.0 Å². The summed E-state index contributed by atoms with van der Waals surface area (Å²) in [6.07, 6.45) is 7.52. The lowest BCUT2D eigenvalue weighted by Gasteiger charge is -2.31. The molecular formula is C25H35N5O5S. The highest BCUT2D eigenvalue weighted by Crippen LogP contribution is 2.21. The maximum atomic E-state index is 13.0. The van der Waals surface area contributed by atoms with Crippen molar-refractivity contribution in [3.63, 3.8) is 0 Å². The minimum absolute atomic E-state index is 0.0152. The number of aliphatic carboxylic acids is 1. The second-order valence-corrected chi connectivity index (χ2v) is 9.86. The second kappa shape index (κ2) is 13.9. The first kappa shape index (κ1) is 27.5. The Morgan fingerprint density at radius 2 is 2.11 bits per heavy atom. The summed E-state index contributed by atoms with van der Waals surface area (Å²) in [6.45, 7) is 1.70. The molecule has 2 heterocycles. The summed E-state index contributed by atoms with van der Waals surface area (Å²) in [4.78, 5) is 48.4. The lowest BCUT2D eigenvalue weighted by Crippen LogP contribution is -2.49. The molecule has 36 heavy (non-hydrogen) atoms. The summed E-state index contributed by atoms with van der Waals surface area (Å²) in [7, 11) is 1.61. The van der Waals surface area contributed by atoms with Crippen molar-refractivity contribution < 1.29 is 24.2 Å². The van der Waals surface area contributed by atoms with Crippen molar-refractivity contribution in [3.05, 3.63) is 48.0 Å². The Labute approximate surface area is 215 Å². The molecule has 3 N–H and O–H groups in total. The topological polar surface area (TPSA) is 128 Å². The van der Waals surface area contributed by atoms with E-state index in [0.29, 0.717) is 37.5 Å². The van der Waals surface area contributed by atoms with Gasteiger partial charge in [-0.3, -0.25) is 14.5 Å². The van der Waals surface area contributed by atoms with E-state index in [1.165, 1.54) is 11.8 Å². The van der Waals surface area contributed by atoms with Gasteiger partial charge < -0.3 is 25.0 Å². The average molecular weight is 518 g/mol. The Bertz CT molecular complexity index is 985. The van der Waals surface area contributed by atoms with Gasteiger partial charge in [0.25, 0.3) is 0 Å². The number of aromatic nitrogens is 2. The van der Waals surface area contributed by atoms with Gasteiger partial charge in [0.2, 0.25) is 11.8 Å². The van der Waals surface area contributed by atoms with Gasteiger partial charge in [0, 0.05) is 31.9 Å². The molecule has 0 saturated carbocycles. The fourth-order valence-corrected chi connectivity index (χ4v) is 4.88. The smallest absolute Gasteiger partial charge is 0.326 e. The summed E-state index contributed by atoms with van der Waals surface area (Å²) in [5.41, 5.74) is 1.69. The van der Waals surface area contributed by atoms with Crippen LogP contribution in [0.2, 0.25) is 0 Å². The van der Waals surface area contributed by atoms with Crippen molar-refractivity contribution in [2.75, 3.05) is 38.8 Å². The van der Waals surface area contributed by atoms with Crippen LogP contribution in [0, 0.1) is 0 Å². The van der Waals surface area contributed by atoms with Gasteiger partial charge in [-0.1, -0.05) is 12.1 Å². The number of hydrogen-bond donors (Lipinski definition) is 3. The number of carbonyl (C=O) groups excluding carboxylic acids is 2. The molecule has 3 rings (SSSR count). The maximum Gasteiger partial charge on any atom is 0.326 e. The first-order chi connectivity index (χ1) is 17.4. The number of nitrogens with zero attached hydrogens (tertiary/aromatic N) is 3. The van der Waals surface area contributed by atoms with E-state index >= 15 is 0 Å². The summed E-state index contributed by atoms with van der Waals surface area (Å²) >= 11 is 1.54. The zero-order valence-corrected chi connectivity index (χ0v) is 21.6. The van der Waals surface area contributed by atoms with Gasteiger partial charge in [0.15, 0.2) is 0 Å². The molecule has 2 aromatic rings. The highest BCUT2D eigenvalue weighted by Gasteiger charge is 2.31. The second-order valence-electron chi connectivity index (χ2n) is 8.88. The van der Waals surface area contributed by atoms with Crippen molar-refractivity contribution >= 4 is 29.5 Å². The summed E-state index contributed by atoms with van der Waals surface area (Å²) in [5.74, 6) is 0.0186. The Kier molecular flexibility index (Phi) is 10.6. The molecule has 1 fully saturated rings. The number of amides is 2. The number of H-pyrrole nitrogens is 1. The van der Waals surface area contributed by atoms with E-state index in [0.717, 1.165) is 24.2 Å². The summed E-state index contributed by atoms with van der Waals surface area (Å²) in [5, 5.41) is 12.2. The third kappa shape index (κ3) is 8.27. The minimum atomic E-state index is -1.04. The molecule has 0 spiro atoms. The van der Waals surface area contributed by atoms with Crippen molar-refractivity contribution in [1.29, 1.82) is 0 Å². The standard InChI is InChI=1S/C25H35N5O5S/c1-35-21-7-5-18(6-8-21)14-29(16-23(31)28-22(25(33)34)9-11-36-2)15-20-4-3-10-30(20)24(32)12-19-13-26-17-27-19/h5-8,13,17,20,22H,3-4,9-12,14-16H2,1-2H3,(H,26,27)(H,28,31)(H,33,34)/t20-,22-/m0/s1. The lowest BCUT2D eigenvalue weighted by atomic mass is 10.1. The number of nitrogens with one attached hydrogen (secondary N) is 2. The first-order valence-corrected chi connectivity index (χ1v) is 13.4. The molecule has 2 amide bonds. The van der Waals surface area contributed by atoms with Crippen LogP contribution in [0.25, 0.3) is 0 Å². The predicted octanol–water partition coefficient (Wildman–Crippen LogP) is 1.78. The molecule has 1 aliphatic rings. The largest absolute Gasteiger partial charge is 0.497 e. The molecule has 0 unspecified atom stereocenters. The third-order valence-corrected chi connectivity index (χ3v) is 6.87. The van der Waals surface area contributed by atoms with Gasteiger partial charge in [0.1, 0.15) is 11.8 Å². The zero-order valence-electron chi connectivity index (χ0n) is 20.8. The van der Waals surface area contributed by atoms with E-state index < -0.39 is 12.0 Å². The number of hydrogen-bond acceptors (Lipinski definition) is 7. The highest BCUT2D eigenvalue weighted by molar-refractivity contribution is 7.98. The monoisotopic (exact) mass is 517 g/mol. The number of imidazole rings is 1. The fraction of sp³-hybridized carbons (Fsp3) is 0.520. The van der Waals surface area contributed by atoms with E-state index in [1.54, 1.807) is 19.6 Å². The predicted molar refractivity (Wildman–Crippen MR) is 138 cm³/mol. The Morgan fingerprint density at radius 3 is 2.75 bits per heavy atom. The Hall–Kier alpha value is -3.05. The number of aromatic amines is 1. The number of carboxylic acids is 1. The number of ether oxygens (including phenoxy) is 1. The lowest BCUT2D eigenvalue weighted by molar-refractivity contribution is -0.142. The van der Waals surface area contributed by atoms with Crippen LogP contribution >= 0.6 is 11.8 Å². The van der Waals surface area contributed by atoms with Crippen LogP contribution in [0.15, 0.2) is 36.8 Å². The third-order valence-electron chi connectivity index (χ3n) is 6.23. The Morgan fingerprint density at radius 1 is 1.33 bits per heavy atom. The van der Waals surface area contributed by atoms with Crippen LogP contribution in [0.1, 0.15) is 30.5 Å². The van der Waals surface area contributed by atoms with Crippen molar-refractivity contribution in [3.8, 4) is 5.75 Å². The van der Waals surface area contributed by atoms with Crippen LogP contribution in [0.3, 0.4) is 0 Å².